The fourth-order valence-corrected chi connectivity index (χ4v) is 10.9. The van der Waals surface area contributed by atoms with Gasteiger partial charge in [0, 0.05) is 57.2 Å². The maximum atomic E-state index is 5.37. The number of anilines is 2. The van der Waals surface area contributed by atoms with E-state index in [2.05, 4.69) is 198 Å². The molecule has 2 aliphatic carbocycles. The number of rotatable bonds is 1. The minimum Gasteiger partial charge on any atom is -0.311 e. The molecule has 5 aromatic carbocycles. The van der Waals surface area contributed by atoms with Gasteiger partial charge in [0.25, 0.3) is 0 Å². The van der Waals surface area contributed by atoms with E-state index in [4.69, 9.17) is 4.99 Å². The van der Waals surface area contributed by atoms with Gasteiger partial charge in [0.1, 0.15) is 0 Å². The predicted octanol–water partition coefficient (Wildman–Crippen LogP) is 13.2. The van der Waals surface area contributed by atoms with E-state index in [0.717, 1.165) is 17.8 Å². The van der Waals surface area contributed by atoms with Crippen molar-refractivity contribution in [3.8, 4) is 0 Å². The zero-order chi connectivity index (χ0) is 37.8. The molecule has 0 fully saturated rings. The fraction of sp³-hybridized carbons (Fsp3) is 0.113. The second kappa shape index (κ2) is 12.0. The summed E-state index contributed by atoms with van der Waals surface area (Å²) in [6.45, 7) is 4.91. The van der Waals surface area contributed by atoms with Gasteiger partial charge in [0.2, 0.25) is 0 Å². The number of hydrogen-bond donors (Lipinski definition) is 0. The van der Waals surface area contributed by atoms with Gasteiger partial charge < -0.3 is 14.0 Å². The van der Waals surface area contributed by atoms with Gasteiger partial charge in [0.05, 0.1) is 44.6 Å². The zero-order valence-corrected chi connectivity index (χ0v) is 32.0. The number of fused-ring (bicyclic) bond motifs is 15. The second-order valence-corrected chi connectivity index (χ2v) is 16.0. The first-order valence-electron chi connectivity index (χ1n) is 20.1. The minimum absolute atomic E-state index is 0.0335. The lowest BCUT2D eigenvalue weighted by molar-refractivity contribution is 0.557. The summed E-state index contributed by atoms with van der Waals surface area (Å²) in [6.07, 6.45) is 24.8. The molecule has 0 saturated heterocycles. The monoisotopic (exact) mass is 732 g/mol. The molecule has 3 atom stereocenters. The summed E-state index contributed by atoms with van der Waals surface area (Å²) in [5.74, 6) is 0.196. The van der Waals surface area contributed by atoms with Gasteiger partial charge >= 0.3 is 0 Å². The second-order valence-electron chi connectivity index (χ2n) is 16.0. The molecule has 0 saturated carbocycles. The van der Waals surface area contributed by atoms with E-state index < -0.39 is 5.41 Å². The highest BCUT2D eigenvalue weighted by molar-refractivity contribution is 6.25. The summed E-state index contributed by atoms with van der Waals surface area (Å²) < 4.78 is 5.18. The first-order valence-corrected chi connectivity index (χ1v) is 20.1. The summed E-state index contributed by atoms with van der Waals surface area (Å²) in [7, 11) is 0. The number of benzene rings is 5. The van der Waals surface area contributed by atoms with E-state index in [1.54, 1.807) is 0 Å². The van der Waals surface area contributed by atoms with Crippen molar-refractivity contribution in [1.29, 1.82) is 0 Å². The van der Waals surface area contributed by atoms with Crippen molar-refractivity contribution in [2.75, 3.05) is 4.90 Å². The molecule has 0 N–H and O–H groups in total. The van der Waals surface area contributed by atoms with Gasteiger partial charge in [-0.05, 0) is 72.5 Å². The van der Waals surface area contributed by atoms with Crippen molar-refractivity contribution in [2.45, 2.75) is 25.7 Å². The van der Waals surface area contributed by atoms with Crippen LogP contribution in [0.25, 0.3) is 55.0 Å². The highest BCUT2D eigenvalue weighted by Crippen LogP contribution is 2.63. The van der Waals surface area contributed by atoms with Crippen LogP contribution in [0.2, 0.25) is 0 Å². The molecule has 4 bridgehead atoms. The molecule has 0 amide bonds. The fourth-order valence-electron chi connectivity index (χ4n) is 10.9. The Labute approximate surface area is 332 Å². The van der Waals surface area contributed by atoms with E-state index in [9.17, 15) is 0 Å². The van der Waals surface area contributed by atoms with E-state index in [0.29, 0.717) is 0 Å². The van der Waals surface area contributed by atoms with Crippen molar-refractivity contribution in [3.63, 3.8) is 0 Å². The Kier molecular flexibility index (Phi) is 6.83. The molecular formula is C53H40N4. The molecule has 12 rings (SSSR count). The van der Waals surface area contributed by atoms with Crippen LogP contribution in [-0.2, 0) is 5.41 Å². The average Bonchev–Trinajstić information content (AvgIpc) is 3.85. The van der Waals surface area contributed by atoms with Crippen LogP contribution in [0, 0.1) is 11.8 Å². The van der Waals surface area contributed by atoms with E-state index >= 15 is 0 Å². The maximum Gasteiger partial charge on any atom is 0.0788 e. The molecule has 57 heavy (non-hydrogen) atoms. The van der Waals surface area contributed by atoms with Gasteiger partial charge in [-0.3, -0.25) is 4.99 Å². The summed E-state index contributed by atoms with van der Waals surface area (Å²) >= 11 is 0. The lowest BCUT2D eigenvalue weighted by Gasteiger charge is -2.45. The van der Waals surface area contributed by atoms with Crippen LogP contribution in [0.3, 0.4) is 0 Å². The van der Waals surface area contributed by atoms with Crippen LogP contribution in [0.15, 0.2) is 204 Å². The molecule has 5 aliphatic rings. The smallest absolute Gasteiger partial charge is 0.0788 e. The molecule has 0 radical (unpaired) electrons. The Morgan fingerprint density at radius 3 is 2.07 bits per heavy atom. The predicted molar refractivity (Wildman–Crippen MR) is 240 cm³/mol. The third-order valence-corrected chi connectivity index (χ3v) is 13.1. The third-order valence-electron chi connectivity index (χ3n) is 13.1. The SMILES string of the molecule is CC1C=CC2C3=C1C1(C)C(=C(C3)n3c4ccccc4c4ccc5c6ccccc6n(c5c43)C3=C/C2=N/C=C\C=C/C=C\C=C\3)N(c2ccccc2)c2ccccc21. The number of aliphatic imine (C=N–C) groups is 1. The van der Waals surface area contributed by atoms with Gasteiger partial charge in [-0.15, -0.1) is 0 Å². The molecule has 4 heteroatoms. The molecule has 3 unspecified atom stereocenters. The lowest BCUT2D eigenvalue weighted by atomic mass is 9.61. The molecule has 5 heterocycles. The first-order chi connectivity index (χ1) is 28.1. The zero-order valence-electron chi connectivity index (χ0n) is 32.0. The number of nitrogens with zero attached hydrogens (tertiary/aromatic N) is 4. The molecule has 7 aromatic rings. The summed E-state index contributed by atoms with van der Waals surface area (Å²) in [4.78, 5) is 7.96. The maximum absolute atomic E-state index is 5.37. The van der Waals surface area contributed by atoms with E-state index in [1.807, 2.05) is 12.3 Å². The summed E-state index contributed by atoms with van der Waals surface area (Å²) in [5.41, 5.74) is 15.9. The highest BCUT2D eigenvalue weighted by Gasteiger charge is 2.54. The van der Waals surface area contributed by atoms with Crippen molar-refractivity contribution in [2.24, 2.45) is 16.8 Å². The molecule has 272 valence electrons. The number of para-hydroxylation sites is 4. The molecule has 0 spiro atoms. The largest absolute Gasteiger partial charge is 0.311 e. The molecule has 4 nitrogen and oxygen atoms in total. The average molecular weight is 733 g/mol. The topological polar surface area (TPSA) is 25.5 Å². The van der Waals surface area contributed by atoms with Crippen molar-refractivity contribution in [1.82, 2.24) is 9.13 Å². The van der Waals surface area contributed by atoms with Crippen molar-refractivity contribution < 1.29 is 0 Å². The van der Waals surface area contributed by atoms with E-state index in [-0.39, 0.29) is 11.8 Å². The van der Waals surface area contributed by atoms with Crippen LogP contribution in [0.5, 0.6) is 0 Å². The first kappa shape index (κ1) is 32.3. The van der Waals surface area contributed by atoms with E-state index in [1.165, 1.54) is 83.1 Å². The van der Waals surface area contributed by atoms with Crippen LogP contribution in [0.4, 0.5) is 11.4 Å². The Morgan fingerprint density at radius 2 is 1.28 bits per heavy atom. The number of hydrogen-bond acceptors (Lipinski definition) is 2. The number of aromatic nitrogens is 2. The highest BCUT2D eigenvalue weighted by atomic mass is 15.2. The molecule has 2 aromatic heterocycles. The minimum atomic E-state index is -0.425. The Hall–Kier alpha value is -6.91. The van der Waals surface area contributed by atoms with Crippen molar-refractivity contribution >= 4 is 72.1 Å². The van der Waals surface area contributed by atoms with Gasteiger partial charge in [-0.2, -0.15) is 0 Å². The normalized spacial score (nSPS) is 26.3. The summed E-state index contributed by atoms with van der Waals surface area (Å²) in [6, 6.07) is 42.8. The van der Waals surface area contributed by atoms with Crippen molar-refractivity contribution in [3.05, 3.63) is 205 Å². The Bertz CT molecular complexity index is 3180. The molecule has 3 aliphatic heterocycles. The standard InChI is InChI=1S/C53H40N4/c1-34-27-28-37-42-33-48(52-53(2,49(34)42)43-23-13-16-26-47(43)56(52)35-18-9-7-10-19-35)57-46-25-15-12-22-39(46)41-30-29-40-38-21-11-14-24-45(38)55(50(40)51(41)57)36-20-8-5-3-4-6-17-31-54-44(37)32-36/h3-32,34,37H,33H2,1-2H3/b4-3?,5-3-,6-4-,8-5?,17-6?,20-8+,31-17-,36-20?,36-32+,44-32?,54-31?,54-44-. The van der Waals surface area contributed by atoms with Crippen LogP contribution < -0.4 is 4.90 Å². The van der Waals surface area contributed by atoms with Gasteiger partial charge in [-0.1, -0.05) is 140 Å². The summed E-state index contributed by atoms with van der Waals surface area (Å²) in [5, 5.41) is 4.99. The third kappa shape index (κ3) is 4.36. The van der Waals surface area contributed by atoms with Gasteiger partial charge in [0.15, 0.2) is 0 Å². The Balaban J connectivity index is 1.35. The lowest BCUT2D eigenvalue weighted by Crippen LogP contribution is -2.39. The van der Waals surface area contributed by atoms with Crippen LogP contribution >= 0.6 is 0 Å². The van der Waals surface area contributed by atoms with Gasteiger partial charge in [-0.25, -0.2) is 0 Å². The Morgan fingerprint density at radius 1 is 0.632 bits per heavy atom. The van der Waals surface area contributed by atoms with Crippen LogP contribution in [0.1, 0.15) is 25.8 Å². The molecular weight excluding hydrogens is 693 g/mol. The quantitative estimate of drug-likeness (QED) is 0.154. The number of allylic oxidation sites excluding steroid dienone is 14. The van der Waals surface area contributed by atoms with Crippen LogP contribution in [-0.4, -0.2) is 14.8 Å².